The van der Waals surface area contributed by atoms with E-state index in [0.717, 1.165) is 6.54 Å². The molecular weight excluding hydrogens is 400 g/mol. The number of likely N-dealkylation sites (tertiary alicyclic amines) is 1. The molecule has 0 saturated carbocycles. The fourth-order valence-electron chi connectivity index (χ4n) is 4.09. The molecule has 0 N–H and O–H groups in total. The molecule has 1 aromatic carbocycles. The number of Topliss-reactive ketones (excluding diaryl/α,β-unsaturated/α-hetero) is 2. The van der Waals surface area contributed by atoms with E-state index in [1.54, 1.807) is 37.3 Å². The van der Waals surface area contributed by atoms with E-state index in [0.29, 0.717) is 54.8 Å². The van der Waals surface area contributed by atoms with Gasteiger partial charge in [0.15, 0.2) is 17.3 Å². The van der Waals surface area contributed by atoms with Crippen LogP contribution in [0, 0.1) is 12.8 Å². The zero-order valence-electron chi connectivity index (χ0n) is 17.9. The van der Waals surface area contributed by atoms with E-state index in [9.17, 15) is 14.4 Å². The minimum Gasteiger partial charge on any atom is -0.486 e. The Balaban J connectivity index is 1.67. The van der Waals surface area contributed by atoms with Gasteiger partial charge in [-0.3, -0.25) is 14.4 Å². The molecule has 0 radical (unpaired) electrons. The average Bonchev–Trinajstić information content (AvgIpc) is 3.28. The van der Waals surface area contributed by atoms with Gasteiger partial charge in [-0.2, -0.15) is 0 Å². The minimum atomic E-state index is -1.17. The second kappa shape index (κ2) is 8.55. The molecule has 8 heteroatoms. The molecule has 1 fully saturated rings. The van der Waals surface area contributed by atoms with Gasteiger partial charge >= 0.3 is 0 Å². The Morgan fingerprint density at radius 1 is 1.10 bits per heavy atom. The second-order valence-corrected chi connectivity index (χ2v) is 8.11. The van der Waals surface area contributed by atoms with Crippen LogP contribution in [0.2, 0.25) is 0 Å². The van der Waals surface area contributed by atoms with E-state index < -0.39 is 29.4 Å². The van der Waals surface area contributed by atoms with Crippen LogP contribution in [-0.4, -0.2) is 67.7 Å². The monoisotopic (exact) mass is 426 g/mol. The standard InChI is InChI=1S/C23H26N2O6/c1-14-5-7-17(31-14)20-19(22(27)23(28)25(20)10-4-9-24(2)3)21(26)15-6-8-16-18(13-15)30-12-11-29-16/h5-8,13,19-20H,4,9-12H2,1-3H3. The zero-order valence-corrected chi connectivity index (χ0v) is 17.9. The Hall–Kier alpha value is -3.13. The smallest absolute Gasteiger partial charge is 0.291 e. The number of ketones is 2. The van der Waals surface area contributed by atoms with Crippen LogP contribution in [-0.2, 0) is 9.59 Å². The van der Waals surface area contributed by atoms with Crippen molar-refractivity contribution in [1.29, 1.82) is 0 Å². The largest absolute Gasteiger partial charge is 0.486 e. The van der Waals surface area contributed by atoms with Gasteiger partial charge in [-0.15, -0.1) is 0 Å². The highest BCUT2D eigenvalue weighted by atomic mass is 16.6. The summed E-state index contributed by atoms with van der Waals surface area (Å²) in [6, 6.07) is 7.57. The van der Waals surface area contributed by atoms with E-state index >= 15 is 0 Å². The number of furan rings is 1. The van der Waals surface area contributed by atoms with E-state index in [2.05, 4.69) is 0 Å². The number of aryl methyl sites for hydroxylation is 1. The quantitative estimate of drug-likeness (QED) is 0.381. The highest BCUT2D eigenvalue weighted by Gasteiger charge is 2.52. The van der Waals surface area contributed by atoms with Crippen molar-refractivity contribution in [2.45, 2.75) is 19.4 Å². The van der Waals surface area contributed by atoms with Crippen LogP contribution in [0.4, 0.5) is 0 Å². The van der Waals surface area contributed by atoms with Crippen molar-refractivity contribution in [3.8, 4) is 11.5 Å². The predicted octanol–water partition coefficient (Wildman–Crippen LogP) is 2.26. The van der Waals surface area contributed by atoms with Gasteiger partial charge in [-0.1, -0.05) is 0 Å². The van der Waals surface area contributed by atoms with Gasteiger partial charge in [0.25, 0.3) is 5.91 Å². The number of hydrogen-bond donors (Lipinski definition) is 0. The minimum absolute atomic E-state index is 0.304. The van der Waals surface area contributed by atoms with Crippen LogP contribution < -0.4 is 9.47 Å². The lowest BCUT2D eigenvalue weighted by Crippen LogP contribution is -2.33. The maximum atomic E-state index is 13.5. The lowest BCUT2D eigenvalue weighted by Gasteiger charge is -2.26. The van der Waals surface area contributed by atoms with E-state index in [4.69, 9.17) is 13.9 Å². The Labute approximate surface area is 180 Å². The van der Waals surface area contributed by atoms with Crippen molar-refractivity contribution in [2.24, 2.45) is 5.92 Å². The summed E-state index contributed by atoms with van der Waals surface area (Å²) in [4.78, 5) is 42.8. The molecule has 8 nitrogen and oxygen atoms in total. The predicted molar refractivity (Wildman–Crippen MR) is 111 cm³/mol. The molecule has 1 saturated heterocycles. The molecule has 3 heterocycles. The number of nitrogens with zero attached hydrogens (tertiary/aromatic N) is 2. The zero-order chi connectivity index (χ0) is 22.1. The molecule has 2 aromatic rings. The van der Waals surface area contributed by atoms with Gasteiger partial charge in [0.2, 0.25) is 5.78 Å². The van der Waals surface area contributed by atoms with E-state index in [1.807, 2.05) is 19.0 Å². The second-order valence-electron chi connectivity index (χ2n) is 8.11. The van der Waals surface area contributed by atoms with Crippen LogP contribution in [0.15, 0.2) is 34.7 Å². The number of fused-ring (bicyclic) bond motifs is 1. The van der Waals surface area contributed by atoms with Gasteiger partial charge in [-0.25, -0.2) is 0 Å². The lowest BCUT2D eigenvalue weighted by atomic mass is 9.88. The van der Waals surface area contributed by atoms with E-state index in [-0.39, 0.29) is 0 Å². The third kappa shape index (κ3) is 4.07. The molecule has 0 bridgehead atoms. The maximum Gasteiger partial charge on any atom is 0.291 e. The summed E-state index contributed by atoms with van der Waals surface area (Å²) in [5.74, 6) is -0.831. The molecule has 2 atom stereocenters. The number of amides is 1. The summed E-state index contributed by atoms with van der Waals surface area (Å²) < 4.78 is 16.9. The molecule has 31 heavy (non-hydrogen) atoms. The topological polar surface area (TPSA) is 89.3 Å². The molecule has 1 aromatic heterocycles. The first kappa shape index (κ1) is 21.1. The van der Waals surface area contributed by atoms with Crippen molar-refractivity contribution in [1.82, 2.24) is 9.80 Å². The maximum absolute atomic E-state index is 13.5. The van der Waals surface area contributed by atoms with Gasteiger partial charge in [0.1, 0.15) is 36.7 Å². The van der Waals surface area contributed by atoms with Crippen LogP contribution in [0.25, 0.3) is 0 Å². The highest BCUT2D eigenvalue weighted by molar-refractivity contribution is 6.44. The number of hydrogen-bond acceptors (Lipinski definition) is 7. The summed E-state index contributed by atoms with van der Waals surface area (Å²) in [6.07, 6.45) is 0.674. The molecule has 0 aliphatic carbocycles. The molecule has 2 aliphatic heterocycles. The van der Waals surface area contributed by atoms with Crippen molar-refractivity contribution in [3.63, 3.8) is 0 Å². The Bertz CT molecular complexity index is 1010. The normalized spacial score (nSPS) is 20.6. The molecule has 2 unspecified atom stereocenters. The highest BCUT2D eigenvalue weighted by Crippen LogP contribution is 2.40. The average molecular weight is 426 g/mol. The third-order valence-corrected chi connectivity index (χ3v) is 5.57. The Kier molecular flexibility index (Phi) is 5.82. The summed E-state index contributed by atoms with van der Waals surface area (Å²) in [6.45, 7) is 3.73. The van der Waals surface area contributed by atoms with Crippen LogP contribution in [0.3, 0.4) is 0 Å². The lowest BCUT2D eigenvalue weighted by molar-refractivity contribution is -0.140. The Morgan fingerprint density at radius 3 is 2.52 bits per heavy atom. The summed E-state index contributed by atoms with van der Waals surface area (Å²) in [5.41, 5.74) is 0.304. The number of rotatable bonds is 7. The van der Waals surface area contributed by atoms with Crippen molar-refractivity contribution < 1.29 is 28.3 Å². The first-order chi connectivity index (χ1) is 14.9. The fourth-order valence-corrected chi connectivity index (χ4v) is 4.09. The molecule has 0 spiro atoms. The molecule has 164 valence electrons. The molecule has 2 aliphatic rings. The van der Waals surface area contributed by atoms with E-state index in [1.165, 1.54) is 4.90 Å². The summed E-state index contributed by atoms with van der Waals surface area (Å²) in [5, 5.41) is 0. The van der Waals surface area contributed by atoms with Crippen molar-refractivity contribution in [2.75, 3.05) is 40.4 Å². The van der Waals surface area contributed by atoms with Crippen LogP contribution in [0.5, 0.6) is 11.5 Å². The van der Waals surface area contributed by atoms with Gasteiger partial charge in [0, 0.05) is 12.1 Å². The molecule has 4 rings (SSSR count). The summed E-state index contributed by atoms with van der Waals surface area (Å²) >= 11 is 0. The van der Waals surface area contributed by atoms with Gasteiger partial charge < -0.3 is 23.7 Å². The first-order valence-corrected chi connectivity index (χ1v) is 10.4. The van der Waals surface area contributed by atoms with Gasteiger partial charge in [0.05, 0.1) is 0 Å². The first-order valence-electron chi connectivity index (χ1n) is 10.4. The Morgan fingerprint density at radius 2 is 1.84 bits per heavy atom. The van der Waals surface area contributed by atoms with Crippen molar-refractivity contribution in [3.05, 3.63) is 47.4 Å². The number of carbonyl (C=O) groups excluding carboxylic acids is 3. The molecular formula is C23H26N2O6. The third-order valence-electron chi connectivity index (χ3n) is 5.57. The SMILES string of the molecule is Cc1ccc(C2C(C(=O)c3ccc4c(c3)OCCO4)C(=O)C(=O)N2CCCN(C)C)o1. The number of carbonyl (C=O) groups is 3. The van der Waals surface area contributed by atoms with Crippen LogP contribution in [0.1, 0.15) is 34.3 Å². The van der Waals surface area contributed by atoms with Gasteiger partial charge in [-0.05, 0) is 64.3 Å². The number of benzene rings is 1. The fraction of sp³-hybridized carbons (Fsp3) is 0.435. The van der Waals surface area contributed by atoms with Crippen LogP contribution >= 0.6 is 0 Å². The number of ether oxygens (including phenoxy) is 2. The molecule has 1 amide bonds. The van der Waals surface area contributed by atoms with Crippen molar-refractivity contribution >= 4 is 17.5 Å². The summed E-state index contributed by atoms with van der Waals surface area (Å²) in [7, 11) is 3.89.